The number of carbonyl (C=O) groups is 8. The van der Waals surface area contributed by atoms with Crippen molar-refractivity contribution in [3.05, 3.63) is 239 Å². The minimum absolute atomic E-state index is 0.112. The molecule has 32 nitrogen and oxygen atoms in total. The first-order valence-electron chi connectivity index (χ1n) is 48.8. The van der Waals surface area contributed by atoms with Crippen molar-refractivity contribution in [2.75, 3.05) is 201 Å². The summed E-state index contributed by atoms with van der Waals surface area (Å²) in [7, 11) is 42.4. The summed E-state index contributed by atoms with van der Waals surface area (Å²) in [6, 6.07) is 63.0. The van der Waals surface area contributed by atoms with Gasteiger partial charge in [0, 0.05) is 136 Å². The van der Waals surface area contributed by atoms with E-state index < -0.39 is 18.3 Å². The molecule has 7 unspecified atom stereocenters. The number of rotatable bonds is 33. The molecule has 0 aliphatic rings. The second-order valence-electron chi connectivity index (χ2n) is 36.7. The zero-order chi connectivity index (χ0) is 109. The third kappa shape index (κ3) is 49.0. The average molecular weight is 1990 g/mol. The summed E-state index contributed by atoms with van der Waals surface area (Å²) in [5.74, 6) is 4.66. The summed E-state index contributed by atoms with van der Waals surface area (Å²) in [6.45, 7) is 37.1. The monoisotopic (exact) mass is 1990 g/mol. The maximum atomic E-state index is 11.9. The Hall–Kier alpha value is -12.4. The highest BCUT2D eigenvalue weighted by Gasteiger charge is 2.26. The van der Waals surface area contributed by atoms with Crippen molar-refractivity contribution in [1.82, 2.24) is 79.6 Å². The average Bonchev–Trinajstić information content (AvgIpc) is 0.818. The Morgan fingerprint density at radius 2 is 0.517 bits per heavy atom. The summed E-state index contributed by atoms with van der Waals surface area (Å²) in [5, 5.41) is 7.69. The first-order valence-corrected chi connectivity index (χ1v) is 48.8. The van der Waals surface area contributed by atoms with Crippen LogP contribution in [-0.4, -0.2) is 313 Å². The van der Waals surface area contributed by atoms with Gasteiger partial charge in [-0.3, -0.25) is 0 Å². The van der Waals surface area contributed by atoms with Crippen molar-refractivity contribution in [2.45, 2.75) is 171 Å². The van der Waals surface area contributed by atoms with Gasteiger partial charge in [-0.25, -0.2) is 38.4 Å². The number of nitrogens with zero attached hydrogens (tertiary/aromatic N) is 13. The van der Waals surface area contributed by atoms with E-state index in [0.29, 0.717) is 91.8 Å². The van der Waals surface area contributed by atoms with Gasteiger partial charge < -0.3 is 118 Å². The van der Waals surface area contributed by atoms with E-state index in [9.17, 15) is 38.4 Å². The van der Waals surface area contributed by atoms with Crippen molar-refractivity contribution in [3.8, 4) is 46.0 Å². The summed E-state index contributed by atoms with van der Waals surface area (Å²) in [5.41, 5.74) is 8.89. The van der Waals surface area contributed by atoms with Crippen LogP contribution in [0.25, 0.3) is 0 Å². The smallest absolute Gasteiger partial charge is 0.410 e. The van der Waals surface area contributed by atoms with Crippen LogP contribution < -0.4 is 53.8 Å². The maximum absolute atomic E-state index is 11.9. The van der Waals surface area contributed by atoms with E-state index in [-0.39, 0.29) is 78.3 Å². The first-order chi connectivity index (χ1) is 67.2. The number of carbonyl (C=O) groups excluding carboxylic acids is 8. The van der Waals surface area contributed by atoms with Crippen LogP contribution in [0.1, 0.15) is 210 Å². The summed E-state index contributed by atoms with van der Waals surface area (Å²) in [6.07, 6.45) is -1.07. The van der Waals surface area contributed by atoms with Crippen molar-refractivity contribution in [1.29, 1.82) is 0 Å². The van der Waals surface area contributed by atoms with Crippen LogP contribution in [0.15, 0.2) is 194 Å². The van der Waals surface area contributed by atoms with Gasteiger partial charge in [-0.05, 0) is 364 Å². The zero-order valence-electron chi connectivity index (χ0n) is 93.2. The highest BCUT2D eigenvalue weighted by Crippen LogP contribution is 2.32. The molecule has 0 aliphatic carbocycles. The number of nitrogens with one attached hydrogen (secondary N) is 3. The van der Waals surface area contributed by atoms with Crippen LogP contribution in [0.5, 0.6) is 46.0 Å². The summed E-state index contributed by atoms with van der Waals surface area (Å²) < 4.78 is 42.1. The Labute approximate surface area is 857 Å². The Bertz CT molecular complexity index is 5050. The van der Waals surface area contributed by atoms with Crippen molar-refractivity contribution in [3.63, 3.8) is 0 Å². The van der Waals surface area contributed by atoms with Crippen LogP contribution in [0.3, 0.4) is 0 Å². The van der Waals surface area contributed by atoms with Gasteiger partial charge in [-0.15, -0.1) is 0 Å². The van der Waals surface area contributed by atoms with Crippen LogP contribution in [-0.2, 0) is 5.54 Å². The largest absolute Gasteiger partial charge is 0.415 e. The van der Waals surface area contributed by atoms with Crippen LogP contribution >= 0.6 is 0 Å². The highest BCUT2D eigenvalue weighted by atomic mass is 16.6. The zero-order valence-corrected chi connectivity index (χ0v) is 93.2. The number of hydrogen-bond acceptors (Lipinski definition) is 24. The van der Waals surface area contributed by atoms with Gasteiger partial charge in [0.05, 0.1) is 0 Å². The molecule has 8 aromatic rings. The van der Waals surface area contributed by atoms with E-state index in [1.807, 2.05) is 319 Å². The molecule has 0 saturated carbocycles. The van der Waals surface area contributed by atoms with Crippen molar-refractivity contribution in [2.24, 2.45) is 0 Å². The summed E-state index contributed by atoms with van der Waals surface area (Å²) in [4.78, 5) is 117. The van der Waals surface area contributed by atoms with E-state index in [1.165, 1.54) is 21.7 Å². The lowest BCUT2D eigenvalue weighted by Crippen LogP contribution is -2.35. The molecule has 8 aromatic carbocycles. The van der Waals surface area contributed by atoms with E-state index in [2.05, 4.69) is 117 Å². The third-order valence-electron chi connectivity index (χ3n) is 24.0. The van der Waals surface area contributed by atoms with Gasteiger partial charge in [0.15, 0.2) is 0 Å². The molecule has 0 fully saturated rings. The van der Waals surface area contributed by atoms with Gasteiger partial charge in [-0.1, -0.05) is 111 Å². The fourth-order valence-corrected chi connectivity index (χ4v) is 12.0. The topological polar surface area (TPSA) is 289 Å². The SMILES string of the molecule is CC(c1cccc(OC(=O)N(C)C)c1)N(C)C.CCCN(C)C(=O)Oc1cccc(C(C)N(C)C)c1.CCCNC(=O)Oc1cccc(C(C)N(C)C)c1.CCN(C)C(=O)Oc1cccc(C(C)(C)N(C)C)c1.CCN(C)C(=O)Oc1cccc(C(C)N(C)C)c1.CCN(CC)C(=O)Oc1cccc(C(C)N(C)C)c1.CCNC(=O)Oc1cccc(C(C)N(C)C)c1.CNC(=O)Oc1cccc(C(C)N(C)C)c1. The van der Waals surface area contributed by atoms with Crippen molar-refractivity contribution >= 4 is 48.7 Å². The number of amides is 8. The molecule has 0 aromatic heterocycles. The van der Waals surface area contributed by atoms with E-state index >= 15 is 0 Å². The normalized spacial score (nSPS) is 12.2. The minimum atomic E-state index is -0.449. The molecular formula is C111H174N16O16. The predicted molar refractivity (Wildman–Crippen MR) is 578 cm³/mol. The molecule has 0 heterocycles. The lowest BCUT2D eigenvalue weighted by atomic mass is 9.93. The third-order valence-corrected chi connectivity index (χ3v) is 24.0. The van der Waals surface area contributed by atoms with Gasteiger partial charge >= 0.3 is 48.7 Å². The summed E-state index contributed by atoms with van der Waals surface area (Å²) >= 11 is 0. The molecule has 3 N–H and O–H groups in total. The van der Waals surface area contributed by atoms with E-state index in [1.54, 1.807) is 81.4 Å². The van der Waals surface area contributed by atoms with Crippen LogP contribution in [0, 0.1) is 0 Å². The van der Waals surface area contributed by atoms with Gasteiger partial charge in [0.1, 0.15) is 46.0 Å². The lowest BCUT2D eigenvalue weighted by Gasteiger charge is -2.33. The van der Waals surface area contributed by atoms with Gasteiger partial charge in [0.2, 0.25) is 0 Å². The predicted octanol–water partition coefficient (Wildman–Crippen LogP) is 21.6. The lowest BCUT2D eigenvalue weighted by molar-refractivity contribution is 0.157. The Kier molecular flexibility index (Phi) is 61.1. The molecular weight excluding hydrogens is 1810 g/mol. The Morgan fingerprint density at radius 1 is 0.280 bits per heavy atom. The molecule has 32 heteroatoms. The minimum Gasteiger partial charge on any atom is -0.410 e. The molecule has 143 heavy (non-hydrogen) atoms. The highest BCUT2D eigenvalue weighted by molar-refractivity contribution is 5.74. The van der Waals surface area contributed by atoms with Gasteiger partial charge in [-0.2, -0.15) is 0 Å². The molecule has 8 amide bonds. The fraction of sp³-hybridized carbons (Fsp3) is 0.495. The van der Waals surface area contributed by atoms with Crippen molar-refractivity contribution < 1.29 is 76.3 Å². The maximum Gasteiger partial charge on any atom is 0.415 e. The van der Waals surface area contributed by atoms with Crippen LogP contribution in [0.2, 0.25) is 0 Å². The van der Waals surface area contributed by atoms with Crippen LogP contribution in [0.4, 0.5) is 38.4 Å². The van der Waals surface area contributed by atoms with E-state index in [4.69, 9.17) is 37.9 Å². The molecule has 0 radical (unpaired) electrons. The first kappa shape index (κ1) is 129. The quantitative estimate of drug-likeness (QED) is 0.0344. The molecule has 7 atom stereocenters. The Morgan fingerprint density at radius 3 is 0.748 bits per heavy atom. The van der Waals surface area contributed by atoms with Gasteiger partial charge in [0.25, 0.3) is 0 Å². The molecule has 8 rings (SSSR count). The second-order valence-corrected chi connectivity index (χ2v) is 36.7. The fourth-order valence-electron chi connectivity index (χ4n) is 12.0. The number of benzene rings is 8. The number of ether oxygens (including phenoxy) is 8. The molecule has 794 valence electrons. The van der Waals surface area contributed by atoms with E-state index in [0.717, 1.165) is 57.3 Å². The molecule has 0 bridgehead atoms. The molecule has 0 aliphatic heterocycles. The Balaban J connectivity index is 0.000000818. The standard InChI is InChI=1S/3C15H24N2O2.2C14H22N2O2.2C13H20N2O2.C12H18N2O2/c1-7-17(6)14(18)19-13-10-8-9-12(11-13)15(2,3)16(4)5;1-6-10-17(5)15(18)19-14-9-7-8-13(11-14)12(2)16(3)4;1-6-17(7-2)15(18)19-14-10-8-9-13(11-14)12(3)16(4)5;1-6-16(5)14(17)18-13-9-7-8-12(10-13)11(2)15(3)4;1-5-9-15-14(17)18-13-8-6-7-12(10-13)11(2)16(3)4;1-10(14(2)3)11-7-6-8-12(9-11)17-13(16)15(4)5;1-5-14-13(16)17-12-8-6-7-11(9-12)10(2)15(3)4;1-9(14(3)4)10-6-5-7-11(8-10)16-12(15)13-2/h8-11H,7H2,1-6H3;7-9,11-12H,6,10H2,1-5H3;8-12H,6-7H2,1-5H3;7-11H,6H2,1-5H3;6-8,10-11H,5,9H2,1-4H3,(H,15,17);6-10H,1-5H3;6-10H,5H2,1-4H3,(H,14,16);5-9H,1-4H3,(H,13,15). The second kappa shape index (κ2) is 68.0. The molecule has 0 spiro atoms. The molecule has 0 saturated heterocycles. The number of hydrogen-bond donors (Lipinski definition) is 3.